The molecule has 120 valence electrons. The van der Waals surface area contributed by atoms with Gasteiger partial charge in [0.1, 0.15) is 6.61 Å². The molecule has 7 heteroatoms. The van der Waals surface area contributed by atoms with Crippen LogP contribution in [0.5, 0.6) is 0 Å². The van der Waals surface area contributed by atoms with E-state index in [1.807, 2.05) is 19.1 Å². The van der Waals surface area contributed by atoms with Crippen LogP contribution in [0.1, 0.15) is 5.56 Å². The normalized spacial score (nSPS) is 9.95. The van der Waals surface area contributed by atoms with Crippen molar-refractivity contribution in [2.24, 2.45) is 0 Å². The van der Waals surface area contributed by atoms with Gasteiger partial charge in [0.2, 0.25) is 5.91 Å². The maximum atomic E-state index is 11.8. The van der Waals surface area contributed by atoms with Crippen LogP contribution in [0.2, 0.25) is 0 Å². The number of methoxy groups -OCH3 is 1. The number of aryl methyl sites for hydroxylation is 1. The highest BCUT2D eigenvalue weighted by atomic mass is 16.6. The number of ether oxygens (including phenoxy) is 2. The minimum absolute atomic E-state index is 0.130. The molecule has 2 amide bonds. The monoisotopic (exact) mass is 308 g/mol. The summed E-state index contributed by atoms with van der Waals surface area (Å²) < 4.78 is 9.26. The van der Waals surface area contributed by atoms with Crippen molar-refractivity contribution in [1.29, 1.82) is 0 Å². The number of hydrogen-bond acceptors (Lipinski definition) is 5. The van der Waals surface area contributed by atoms with Crippen molar-refractivity contribution in [2.45, 2.75) is 6.92 Å². The summed E-state index contributed by atoms with van der Waals surface area (Å²) in [5.74, 6) is -1.43. The number of anilines is 1. The molecule has 1 aromatic rings. The fourth-order valence-corrected chi connectivity index (χ4v) is 1.55. The summed E-state index contributed by atoms with van der Waals surface area (Å²) in [4.78, 5) is 35.8. The summed E-state index contributed by atoms with van der Waals surface area (Å²) >= 11 is 0. The summed E-state index contributed by atoms with van der Waals surface area (Å²) in [6, 6.07) is 7.31. The Balaban J connectivity index is 2.38. The van der Waals surface area contributed by atoms with Crippen LogP contribution in [0, 0.1) is 6.92 Å². The highest BCUT2D eigenvalue weighted by Gasteiger charge is 2.15. The first-order valence-electron chi connectivity index (χ1n) is 6.67. The Morgan fingerprint density at radius 1 is 1.14 bits per heavy atom. The minimum atomic E-state index is -0.631. The smallest absolute Gasteiger partial charge is 0.332 e. The van der Waals surface area contributed by atoms with Gasteiger partial charge in [-0.3, -0.25) is 9.59 Å². The lowest BCUT2D eigenvalue weighted by atomic mass is 10.2. The van der Waals surface area contributed by atoms with E-state index in [9.17, 15) is 14.4 Å². The Morgan fingerprint density at radius 3 is 2.36 bits per heavy atom. The van der Waals surface area contributed by atoms with Gasteiger partial charge in [0, 0.05) is 19.8 Å². The van der Waals surface area contributed by atoms with Gasteiger partial charge in [-0.15, -0.1) is 0 Å². The van der Waals surface area contributed by atoms with Crippen LogP contribution in [0.4, 0.5) is 5.69 Å². The van der Waals surface area contributed by atoms with Crippen LogP contribution in [0.25, 0.3) is 0 Å². The molecule has 0 unspecified atom stereocenters. The Labute approximate surface area is 129 Å². The zero-order valence-corrected chi connectivity index (χ0v) is 12.9. The number of nitrogens with zero attached hydrogens (tertiary/aromatic N) is 1. The van der Waals surface area contributed by atoms with Crippen molar-refractivity contribution >= 4 is 23.5 Å². The first kappa shape index (κ1) is 17.6. The molecule has 1 aromatic carbocycles. The molecule has 0 aliphatic rings. The number of esters is 1. The Kier molecular flexibility index (Phi) is 7.04. The lowest BCUT2D eigenvalue weighted by Gasteiger charge is -2.16. The first-order valence-corrected chi connectivity index (χ1v) is 6.67. The standard InChI is InChI=1S/C15H20N2O5/c1-11-4-6-12(7-5-11)16-13(18)8-17(2)14(19)9-22-15(20)10-21-3/h4-7H,8-10H2,1-3H3,(H,16,18). The number of nitrogens with one attached hydrogen (secondary N) is 1. The summed E-state index contributed by atoms with van der Waals surface area (Å²) in [6.45, 7) is 1.18. The van der Waals surface area contributed by atoms with Gasteiger partial charge in [0.25, 0.3) is 5.91 Å². The Morgan fingerprint density at radius 2 is 1.77 bits per heavy atom. The topological polar surface area (TPSA) is 84.9 Å². The number of hydrogen-bond donors (Lipinski definition) is 1. The van der Waals surface area contributed by atoms with Crippen LogP contribution >= 0.6 is 0 Å². The number of likely N-dealkylation sites (N-methyl/N-ethyl adjacent to an activating group) is 1. The molecular formula is C15H20N2O5. The van der Waals surface area contributed by atoms with Gasteiger partial charge in [-0.25, -0.2) is 4.79 Å². The van der Waals surface area contributed by atoms with E-state index in [1.54, 1.807) is 12.1 Å². The second kappa shape index (κ2) is 8.78. The highest BCUT2D eigenvalue weighted by molar-refractivity contribution is 5.94. The van der Waals surface area contributed by atoms with Gasteiger partial charge in [0.15, 0.2) is 6.61 Å². The van der Waals surface area contributed by atoms with Gasteiger partial charge in [0.05, 0.1) is 6.54 Å². The molecule has 0 saturated carbocycles. The Hall–Kier alpha value is -2.41. The SMILES string of the molecule is COCC(=O)OCC(=O)N(C)CC(=O)Nc1ccc(C)cc1. The van der Waals surface area contributed by atoms with Crippen LogP contribution in [-0.4, -0.2) is 56.6 Å². The van der Waals surface area contributed by atoms with Crippen LogP contribution in [-0.2, 0) is 23.9 Å². The van der Waals surface area contributed by atoms with E-state index in [2.05, 4.69) is 10.1 Å². The van der Waals surface area contributed by atoms with Crippen molar-refractivity contribution in [3.63, 3.8) is 0 Å². The van der Waals surface area contributed by atoms with E-state index >= 15 is 0 Å². The van der Waals surface area contributed by atoms with Gasteiger partial charge in [-0.2, -0.15) is 0 Å². The zero-order chi connectivity index (χ0) is 16.5. The average Bonchev–Trinajstić information content (AvgIpc) is 2.47. The minimum Gasteiger partial charge on any atom is -0.454 e. The first-order chi connectivity index (χ1) is 10.4. The molecule has 1 N–H and O–H groups in total. The molecule has 0 aromatic heterocycles. The second-order valence-electron chi connectivity index (χ2n) is 4.76. The average molecular weight is 308 g/mol. The van der Waals surface area contributed by atoms with Crippen molar-refractivity contribution in [2.75, 3.05) is 39.2 Å². The quantitative estimate of drug-likeness (QED) is 0.745. The maximum absolute atomic E-state index is 11.8. The van der Waals surface area contributed by atoms with Crippen molar-refractivity contribution in [3.8, 4) is 0 Å². The lowest BCUT2D eigenvalue weighted by molar-refractivity contribution is -0.154. The molecule has 0 heterocycles. The third kappa shape index (κ3) is 6.36. The molecular weight excluding hydrogens is 288 g/mol. The maximum Gasteiger partial charge on any atom is 0.332 e. The second-order valence-corrected chi connectivity index (χ2v) is 4.76. The molecule has 1 rings (SSSR count). The largest absolute Gasteiger partial charge is 0.454 e. The number of rotatable bonds is 7. The molecule has 0 radical (unpaired) electrons. The third-order valence-corrected chi connectivity index (χ3v) is 2.76. The van der Waals surface area contributed by atoms with Crippen LogP contribution < -0.4 is 5.32 Å². The molecule has 0 aliphatic carbocycles. The van der Waals surface area contributed by atoms with Gasteiger partial charge in [-0.1, -0.05) is 17.7 Å². The number of benzene rings is 1. The highest BCUT2D eigenvalue weighted by Crippen LogP contribution is 2.08. The zero-order valence-electron chi connectivity index (χ0n) is 12.9. The number of carbonyl (C=O) groups excluding carboxylic acids is 3. The third-order valence-electron chi connectivity index (χ3n) is 2.76. The van der Waals surface area contributed by atoms with E-state index < -0.39 is 18.5 Å². The van der Waals surface area contributed by atoms with Gasteiger partial charge in [-0.05, 0) is 19.1 Å². The summed E-state index contributed by atoms with van der Waals surface area (Å²) in [7, 11) is 2.81. The van der Waals surface area contributed by atoms with E-state index in [0.717, 1.165) is 5.56 Å². The van der Waals surface area contributed by atoms with Crippen LogP contribution in [0.3, 0.4) is 0 Å². The number of amides is 2. The molecule has 7 nitrogen and oxygen atoms in total. The molecule has 0 fully saturated rings. The van der Waals surface area contributed by atoms with E-state index in [-0.39, 0.29) is 19.1 Å². The molecule has 0 bridgehead atoms. The lowest BCUT2D eigenvalue weighted by Crippen LogP contribution is -2.37. The molecule has 0 aliphatic heterocycles. The summed E-state index contributed by atoms with van der Waals surface area (Å²) in [6.07, 6.45) is 0. The van der Waals surface area contributed by atoms with Crippen LogP contribution in [0.15, 0.2) is 24.3 Å². The van der Waals surface area contributed by atoms with Crippen molar-refractivity contribution in [1.82, 2.24) is 4.90 Å². The van der Waals surface area contributed by atoms with Crippen molar-refractivity contribution < 1.29 is 23.9 Å². The Bertz CT molecular complexity index is 527. The van der Waals surface area contributed by atoms with E-state index in [4.69, 9.17) is 4.74 Å². The summed E-state index contributed by atoms with van der Waals surface area (Å²) in [5, 5.41) is 2.68. The predicted octanol–water partition coefficient (Wildman–Crippen LogP) is 0.582. The predicted molar refractivity (Wildman–Crippen MR) is 80.3 cm³/mol. The molecule has 22 heavy (non-hydrogen) atoms. The van der Waals surface area contributed by atoms with Crippen molar-refractivity contribution in [3.05, 3.63) is 29.8 Å². The van der Waals surface area contributed by atoms with E-state index in [0.29, 0.717) is 5.69 Å². The summed E-state index contributed by atoms with van der Waals surface area (Å²) in [5.41, 5.74) is 1.74. The molecule has 0 spiro atoms. The fourth-order valence-electron chi connectivity index (χ4n) is 1.55. The molecule has 0 atom stereocenters. The fraction of sp³-hybridized carbons (Fsp3) is 0.400. The van der Waals surface area contributed by atoms with E-state index in [1.165, 1.54) is 19.1 Å². The number of carbonyl (C=O) groups is 3. The molecule has 0 saturated heterocycles. The van der Waals surface area contributed by atoms with Gasteiger partial charge >= 0.3 is 5.97 Å². The van der Waals surface area contributed by atoms with Gasteiger partial charge < -0.3 is 19.7 Å².